The number of ether oxygens (including phenoxy) is 1. The van der Waals surface area contributed by atoms with Gasteiger partial charge < -0.3 is 14.9 Å². The summed E-state index contributed by atoms with van der Waals surface area (Å²) in [4.78, 5) is 20.7. The maximum atomic E-state index is 10.4. The minimum Gasteiger partial charge on any atom is -0.481 e. The number of carbonyl (C=O) groups excluding carboxylic acids is 1. The summed E-state index contributed by atoms with van der Waals surface area (Å²) in [6, 6.07) is 0. The van der Waals surface area contributed by atoms with E-state index in [9.17, 15) is 9.59 Å². The highest BCUT2D eigenvalue weighted by Crippen LogP contribution is 2.13. The van der Waals surface area contributed by atoms with E-state index in [2.05, 4.69) is 11.7 Å². The van der Waals surface area contributed by atoms with E-state index < -0.39 is 5.97 Å². The Morgan fingerprint density at radius 3 is 1.41 bits per heavy atom. The summed E-state index contributed by atoms with van der Waals surface area (Å²) in [5.41, 5.74) is 0. The fraction of sp³-hybridized carbons (Fsp3) is 0.917. The van der Waals surface area contributed by atoms with Gasteiger partial charge in [0.2, 0.25) is 0 Å². The van der Waals surface area contributed by atoms with Crippen molar-refractivity contribution in [1.29, 1.82) is 0 Å². The molecule has 0 bridgehead atoms. The summed E-state index contributed by atoms with van der Waals surface area (Å²) < 4.78 is 4.63. The molecule has 0 radical (unpaired) electrons. The zero-order valence-corrected chi connectivity index (χ0v) is 19.3. The van der Waals surface area contributed by atoms with Crippen molar-refractivity contribution in [2.45, 2.75) is 129 Å². The highest BCUT2D eigenvalue weighted by atomic mass is 16.5. The van der Waals surface area contributed by atoms with Crippen LogP contribution in [0.3, 0.4) is 0 Å². The Kier molecular flexibility index (Phi) is 27.9. The second-order valence-electron chi connectivity index (χ2n) is 7.74. The first kappa shape index (κ1) is 30.1. The fourth-order valence-corrected chi connectivity index (χ4v) is 3.00. The quantitative estimate of drug-likeness (QED) is 0.171. The van der Waals surface area contributed by atoms with Crippen LogP contribution >= 0.6 is 0 Å². The van der Waals surface area contributed by atoms with Crippen molar-refractivity contribution in [3.05, 3.63) is 0 Å². The average molecular weight is 417 g/mol. The van der Waals surface area contributed by atoms with Crippen LogP contribution in [0.2, 0.25) is 0 Å². The molecule has 5 heteroatoms. The molecule has 0 unspecified atom stereocenters. The first-order valence-electron chi connectivity index (χ1n) is 12.1. The highest BCUT2D eigenvalue weighted by molar-refractivity contribution is 5.68. The smallest absolute Gasteiger partial charge is 0.305 e. The van der Waals surface area contributed by atoms with Gasteiger partial charge in [-0.05, 0) is 6.42 Å². The van der Waals surface area contributed by atoms with Crippen LogP contribution in [0.4, 0.5) is 0 Å². The van der Waals surface area contributed by atoms with Gasteiger partial charge in [-0.1, -0.05) is 104 Å². The number of aliphatic hydroxyl groups is 1. The monoisotopic (exact) mass is 416 g/mol. The number of unbranched alkanes of at least 4 members (excludes halogenated alkanes) is 14. The molecule has 0 aliphatic carbocycles. The molecule has 0 aliphatic rings. The summed E-state index contributed by atoms with van der Waals surface area (Å²) in [7, 11) is 0. The summed E-state index contributed by atoms with van der Waals surface area (Å²) in [6.07, 6.45) is 21.1. The number of carboxylic acid groups (broad SMARTS) is 1. The van der Waals surface area contributed by atoms with E-state index in [1.54, 1.807) is 6.92 Å². The molecule has 0 aromatic carbocycles. The minimum atomic E-state index is -0.653. The van der Waals surface area contributed by atoms with Crippen molar-refractivity contribution in [3.63, 3.8) is 0 Å². The predicted octanol–water partition coefficient (Wildman–Crippen LogP) is 6.65. The van der Waals surface area contributed by atoms with E-state index in [1.807, 2.05) is 0 Å². The normalized spacial score (nSPS) is 10.3. The van der Waals surface area contributed by atoms with Gasteiger partial charge in [0, 0.05) is 25.9 Å². The number of aliphatic hydroxyl groups excluding tert-OH is 1. The Hall–Kier alpha value is -1.10. The summed E-state index contributed by atoms with van der Waals surface area (Å²) in [5, 5.41) is 16.8. The highest BCUT2D eigenvalue weighted by Gasteiger charge is 1.97. The minimum absolute atomic E-state index is 0.0804. The van der Waals surface area contributed by atoms with Gasteiger partial charge in [0.1, 0.15) is 0 Å². The van der Waals surface area contributed by atoms with E-state index in [-0.39, 0.29) is 12.6 Å². The van der Waals surface area contributed by atoms with E-state index in [1.165, 1.54) is 83.5 Å². The third kappa shape index (κ3) is 31.8. The number of carboxylic acids is 1. The van der Waals surface area contributed by atoms with E-state index in [4.69, 9.17) is 10.2 Å². The topological polar surface area (TPSA) is 83.8 Å². The molecule has 0 saturated carbocycles. The van der Waals surface area contributed by atoms with Crippen molar-refractivity contribution in [2.75, 3.05) is 13.2 Å². The van der Waals surface area contributed by atoms with Crippen molar-refractivity contribution < 1.29 is 24.5 Å². The number of carbonyl (C=O) groups is 2. The molecular weight excluding hydrogens is 368 g/mol. The van der Waals surface area contributed by atoms with Crippen LogP contribution in [0.25, 0.3) is 0 Å². The van der Waals surface area contributed by atoms with Crippen LogP contribution in [0.1, 0.15) is 129 Å². The molecule has 0 rings (SSSR count). The standard InChI is InChI=1S/C18H36O2.C6H12O3/c1-2-3-4-5-6-7-8-9-10-11-12-13-14-15-16-17-18(19)20;1-2-6(8)9-5-3-4-7/h2-17H2,1H3,(H,19,20);7H,2-5H2,1H3. The summed E-state index contributed by atoms with van der Waals surface area (Å²) >= 11 is 0. The zero-order valence-electron chi connectivity index (χ0n) is 19.3. The molecule has 29 heavy (non-hydrogen) atoms. The van der Waals surface area contributed by atoms with Crippen molar-refractivity contribution in [2.24, 2.45) is 0 Å². The Balaban J connectivity index is 0. The molecule has 174 valence electrons. The van der Waals surface area contributed by atoms with Gasteiger partial charge in [-0.15, -0.1) is 0 Å². The lowest BCUT2D eigenvalue weighted by Crippen LogP contribution is -2.04. The largest absolute Gasteiger partial charge is 0.481 e. The molecular formula is C24H48O5. The number of esters is 1. The SMILES string of the molecule is CCC(=O)OCCCO.CCCCCCCCCCCCCCCCCC(=O)O. The number of hydrogen-bond donors (Lipinski definition) is 2. The Morgan fingerprint density at radius 1 is 0.655 bits per heavy atom. The second kappa shape index (κ2) is 26.9. The molecule has 0 aliphatic heterocycles. The summed E-state index contributed by atoms with van der Waals surface area (Å²) in [5.74, 6) is -0.858. The van der Waals surface area contributed by atoms with Gasteiger partial charge >= 0.3 is 11.9 Å². The summed E-state index contributed by atoms with van der Waals surface area (Å²) in [6.45, 7) is 4.42. The van der Waals surface area contributed by atoms with Crippen LogP contribution in [-0.2, 0) is 14.3 Å². The number of aliphatic carboxylic acids is 1. The number of hydrogen-bond acceptors (Lipinski definition) is 4. The fourth-order valence-electron chi connectivity index (χ4n) is 3.00. The van der Waals surface area contributed by atoms with Crippen molar-refractivity contribution in [1.82, 2.24) is 0 Å². The molecule has 0 fully saturated rings. The third-order valence-electron chi connectivity index (χ3n) is 4.85. The van der Waals surface area contributed by atoms with E-state index in [0.29, 0.717) is 25.9 Å². The molecule has 0 spiro atoms. The predicted molar refractivity (Wildman–Crippen MR) is 120 cm³/mol. The van der Waals surface area contributed by atoms with Crippen LogP contribution in [0, 0.1) is 0 Å². The molecule has 0 aromatic rings. The molecule has 5 nitrogen and oxygen atoms in total. The van der Waals surface area contributed by atoms with Crippen LogP contribution in [0.5, 0.6) is 0 Å². The first-order valence-corrected chi connectivity index (χ1v) is 12.1. The lowest BCUT2D eigenvalue weighted by Gasteiger charge is -2.03. The van der Waals surface area contributed by atoms with Crippen LogP contribution in [-0.4, -0.2) is 35.4 Å². The molecule has 0 heterocycles. The maximum Gasteiger partial charge on any atom is 0.305 e. The van der Waals surface area contributed by atoms with Crippen molar-refractivity contribution >= 4 is 11.9 Å². The van der Waals surface area contributed by atoms with Crippen molar-refractivity contribution in [3.8, 4) is 0 Å². The molecule has 0 saturated heterocycles. The van der Waals surface area contributed by atoms with Gasteiger partial charge in [0.15, 0.2) is 0 Å². The molecule has 0 amide bonds. The van der Waals surface area contributed by atoms with Crippen LogP contribution < -0.4 is 0 Å². The second-order valence-corrected chi connectivity index (χ2v) is 7.74. The Labute approximate surface area is 179 Å². The average Bonchev–Trinajstić information content (AvgIpc) is 2.71. The van der Waals surface area contributed by atoms with Gasteiger partial charge in [0.25, 0.3) is 0 Å². The lowest BCUT2D eigenvalue weighted by atomic mass is 10.0. The number of rotatable bonds is 20. The van der Waals surface area contributed by atoms with Gasteiger partial charge in [0.05, 0.1) is 6.61 Å². The van der Waals surface area contributed by atoms with E-state index in [0.717, 1.165) is 12.8 Å². The van der Waals surface area contributed by atoms with Gasteiger partial charge in [-0.3, -0.25) is 9.59 Å². The van der Waals surface area contributed by atoms with Gasteiger partial charge in [-0.2, -0.15) is 0 Å². The molecule has 2 N–H and O–H groups in total. The Bertz CT molecular complexity index is 344. The van der Waals surface area contributed by atoms with Gasteiger partial charge in [-0.25, -0.2) is 0 Å². The first-order chi connectivity index (χ1) is 14.1. The van der Waals surface area contributed by atoms with E-state index >= 15 is 0 Å². The van der Waals surface area contributed by atoms with Crippen LogP contribution in [0.15, 0.2) is 0 Å². The third-order valence-corrected chi connectivity index (χ3v) is 4.85. The Morgan fingerprint density at radius 2 is 1.07 bits per heavy atom. The lowest BCUT2D eigenvalue weighted by molar-refractivity contribution is -0.143. The maximum absolute atomic E-state index is 10.4. The zero-order chi connectivity index (χ0) is 22.0. The molecule has 0 aromatic heterocycles. The molecule has 0 atom stereocenters.